The Balaban J connectivity index is 1.77. The van der Waals surface area contributed by atoms with Gasteiger partial charge in [0.25, 0.3) is 5.69 Å². The molecule has 0 atom stereocenters. The Kier molecular flexibility index (Phi) is 5.75. The first-order valence-corrected chi connectivity index (χ1v) is 9.54. The molecule has 0 amide bonds. The number of carbonyl (C=O) groups is 1. The molecular weight excluding hydrogens is 416 g/mol. The first-order chi connectivity index (χ1) is 13.7. The van der Waals surface area contributed by atoms with E-state index in [1.807, 2.05) is 0 Å². The van der Waals surface area contributed by atoms with E-state index in [2.05, 4.69) is 0 Å². The third kappa shape index (κ3) is 4.32. The van der Waals surface area contributed by atoms with E-state index in [0.717, 1.165) is 24.3 Å². The van der Waals surface area contributed by atoms with Crippen molar-refractivity contribution in [3.8, 4) is 5.75 Å². The van der Waals surface area contributed by atoms with Crippen LogP contribution in [0.1, 0.15) is 21.5 Å². The monoisotopic (exact) mass is 429 g/mol. The predicted octanol–water partition coefficient (Wildman–Crippen LogP) is 2.81. The summed E-state index contributed by atoms with van der Waals surface area (Å²) in [6.45, 7) is -0.330. The molecule has 2 aromatic rings. The van der Waals surface area contributed by atoms with E-state index < -0.39 is 31.4 Å². The van der Waals surface area contributed by atoms with Crippen LogP contribution in [0.3, 0.4) is 0 Å². The summed E-state index contributed by atoms with van der Waals surface area (Å²) in [6, 6.07) is 6.30. The zero-order valence-corrected chi connectivity index (χ0v) is 15.4. The minimum atomic E-state index is -4.78. The van der Waals surface area contributed by atoms with Gasteiger partial charge in [0, 0.05) is 23.3 Å². The van der Waals surface area contributed by atoms with Crippen molar-refractivity contribution >= 4 is 21.5 Å². The van der Waals surface area contributed by atoms with Gasteiger partial charge in [-0.05, 0) is 24.3 Å². The fraction of sp³-hybridized carbons (Fsp3) is 0.235. The van der Waals surface area contributed by atoms with Gasteiger partial charge < -0.3 is 14.2 Å². The van der Waals surface area contributed by atoms with Crippen molar-refractivity contribution in [1.29, 1.82) is 0 Å². The standard InChI is InChI=1S/C17H13F2NO8S/c18-17(19)29(24,25)14-3-1-10(2-4-14)16(21)27-8-12-6-13(20(22)23)5-11-7-26-9-28-15(11)12/h1-6,17H,7-9H2. The molecule has 3 rings (SSSR count). The lowest BCUT2D eigenvalue weighted by Gasteiger charge is -2.20. The number of halogens is 2. The van der Waals surface area contributed by atoms with Gasteiger partial charge in [0.15, 0.2) is 6.79 Å². The smallest absolute Gasteiger partial charge is 0.341 e. The highest BCUT2D eigenvalue weighted by molar-refractivity contribution is 7.91. The van der Waals surface area contributed by atoms with Crippen LogP contribution in [-0.2, 0) is 32.5 Å². The molecule has 0 saturated heterocycles. The number of hydrogen-bond acceptors (Lipinski definition) is 8. The van der Waals surface area contributed by atoms with E-state index in [1.54, 1.807) is 0 Å². The average molecular weight is 429 g/mol. The van der Waals surface area contributed by atoms with Crippen LogP contribution in [0.25, 0.3) is 0 Å². The van der Waals surface area contributed by atoms with Gasteiger partial charge in [0.2, 0.25) is 9.84 Å². The average Bonchev–Trinajstić information content (AvgIpc) is 2.71. The molecule has 12 heteroatoms. The van der Waals surface area contributed by atoms with E-state index in [1.165, 1.54) is 12.1 Å². The molecule has 1 aliphatic rings. The van der Waals surface area contributed by atoms with E-state index >= 15 is 0 Å². The lowest BCUT2D eigenvalue weighted by atomic mass is 10.1. The Morgan fingerprint density at radius 3 is 2.55 bits per heavy atom. The summed E-state index contributed by atoms with van der Waals surface area (Å²) in [4.78, 5) is 22.0. The number of non-ortho nitro benzene ring substituents is 1. The lowest BCUT2D eigenvalue weighted by molar-refractivity contribution is -0.385. The second-order valence-electron chi connectivity index (χ2n) is 5.87. The summed E-state index contributed by atoms with van der Waals surface area (Å²) in [5.41, 5.74) is 0.369. The summed E-state index contributed by atoms with van der Waals surface area (Å²) in [5.74, 6) is -4.14. The Morgan fingerprint density at radius 1 is 1.24 bits per heavy atom. The molecule has 1 aliphatic heterocycles. The second-order valence-corrected chi connectivity index (χ2v) is 7.78. The summed E-state index contributed by atoms with van der Waals surface area (Å²) >= 11 is 0. The number of fused-ring (bicyclic) bond motifs is 1. The number of nitro groups is 1. The normalized spacial score (nSPS) is 13.5. The van der Waals surface area contributed by atoms with Crippen LogP contribution in [0.5, 0.6) is 5.75 Å². The first-order valence-electron chi connectivity index (χ1n) is 8.00. The summed E-state index contributed by atoms with van der Waals surface area (Å²) in [5, 5.41) is 11.1. The van der Waals surface area contributed by atoms with Crippen molar-refractivity contribution in [3.05, 3.63) is 63.2 Å². The Hall–Kier alpha value is -3.12. The van der Waals surface area contributed by atoms with Gasteiger partial charge >= 0.3 is 11.7 Å². The SMILES string of the molecule is O=C(OCc1cc([N+](=O)[O-])cc2c1OCOC2)c1ccc(S(=O)(=O)C(F)F)cc1. The lowest BCUT2D eigenvalue weighted by Crippen LogP contribution is -2.15. The number of sulfone groups is 1. The first kappa shape index (κ1) is 20.6. The van der Waals surface area contributed by atoms with Crippen LogP contribution in [0, 0.1) is 10.1 Å². The summed E-state index contributed by atoms with van der Waals surface area (Å²) < 4.78 is 63.4. The number of alkyl halides is 2. The van der Waals surface area contributed by atoms with Crippen molar-refractivity contribution < 1.29 is 41.1 Å². The number of nitrogens with zero attached hydrogens (tertiary/aromatic N) is 1. The van der Waals surface area contributed by atoms with Crippen molar-refractivity contribution in [2.75, 3.05) is 6.79 Å². The van der Waals surface area contributed by atoms with Crippen molar-refractivity contribution in [2.24, 2.45) is 0 Å². The van der Waals surface area contributed by atoms with Gasteiger partial charge in [0.05, 0.1) is 22.0 Å². The summed E-state index contributed by atoms with van der Waals surface area (Å²) in [7, 11) is -4.78. The second kappa shape index (κ2) is 8.09. The van der Waals surface area contributed by atoms with Crippen molar-refractivity contribution in [2.45, 2.75) is 23.9 Å². The van der Waals surface area contributed by atoms with E-state index in [0.29, 0.717) is 11.3 Å². The minimum absolute atomic E-state index is 0.0637. The van der Waals surface area contributed by atoms with Crippen LogP contribution in [-0.4, -0.2) is 31.9 Å². The van der Waals surface area contributed by atoms with Gasteiger partial charge in [-0.3, -0.25) is 10.1 Å². The van der Waals surface area contributed by atoms with E-state index in [4.69, 9.17) is 14.2 Å². The molecule has 0 bridgehead atoms. The van der Waals surface area contributed by atoms with Gasteiger partial charge in [-0.2, -0.15) is 8.78 Å². The number of hydrogen-bond donors (Lipinski definition) is 0. The Labute approximate surface area is 162 Å². The zero-order chi connectivity index (χ0) is 21.2. The number of ether oxygens (including phenoxy) is 3. The molecule has 154 valence electrons. The number of esters is 1. The molecule has 9 nitrogen and oxygen atoms in total. The highest BCUT2D eigenvalue weighted by Gasteiger charge is 2.27. The number of benzene rings is 2. The highest BCUT2D eigenvalue weighted by Crippen LogP contribution is 2.33. The number of nitro benzene ring substituents is 1. The van der Waals surface area contributed by atoms with Crippen LogP contribution in [0.15, 0.2) is 41.3 Å². The van der Waals surface area contributed by atoms with E-state index in [9.17, 15) is 32.1 Å². The van der Waals surface area contributed by atoms with Gasteiger partial charge in [0.1, 0.15) is 12.4 Å². The zero-order valence-electron chi connectivity index (χ0n) is 14.5. The maximum Gasteiger partial charge on any atom is 0.341 e. The fourth-order valence-corrected chi connectivity index (χ4v) is 3.32. The molecule has 1 heterocycles. The molecule has 0 spiro atoms. The topological polar surface area (TPSA) is 122 Å². The Morgan fingerprint density at radius 2 is 1.93 bits per heavy atom. The van der Waals surface area contributed by atoms with Gasteiger partial charge in [-0.15, -0.1) is 0 Å². The van der Waals surface area contributed by atoms with E-state index in [-0.39, 0.29) is 36.8 Å². The van der Waals surface area contributed by atoms with Gasteiger partial charge in [-0.1, -0.05) is 0 Å². The predicted molar refractivity (Wildman–Crippen MR) is 92.1 cm³/mol. The number of carbonyl (C=O) groups excluding carboxylic acids is 1. The Bertz CT molecular complexity index is 1050. The molecule has 0 unspecified atom stereocenters. The largest absolute Gasteiger partial charge is 0.467 e. The quantitative estimate of drug-likeness (QED) is 0.390. The van der Waals surface area contributed by atoms with Gasteiger partial charge in [-0.25, -0.2) is 13.2 Å². The molecule has 0 fully saturated rings. The maximum absolute atomic E-state index is 12.5. The van der Waals surface area contributed by atoms with Crippen LogP contribution >= 0.6 is 0 Å². The van der Waals surface area contributed by atoms with Crippen LogP contribution < -0.4 is 4.74 Å². The molecule has 0 N–H and O–H groups in total. The highest BCUT2D eigenvalue weighted by atomic mass is 32.2. The molecule has 0 aliphatic carbocycles. The molecule has 0 saturated carbocycles. The van der Waals surface area contributed by atoms with Crippen molar-refractivity contribution in [1.82, 2.24) is 0 Å². The molecule has 0 aromatic heterocycles. The third-order valence-electron chi connectivity index (χ3n) is 3.99. The third-order valence-corrected chi connectivity index (χ3v) is 5.39. The molecule has 2 aromatic carbocycles. The fourth-order valence-electron chi connectivity index (χ4n) is 2.60. The number of rotatable bonds is 6. The minimum Gasteiger partial charge on any atom is -0.467 e. The van der Waals surface area contributed by atoms with Crippen LogP contribution in [0.4, 0.5) is 14.5 Å². The summed E-state index contributed by atoms with van der Waals surface area (Å²) in [6.07, 6.45) is 0. The molecule has 29 heavy (non-hydrogen) atoms. The maximum atomic E-state index is 12.5. The van der Waals surface area contributed by atoms with Crippen LogP contribution in [0.2, 0.25) is 0 Å². The van der Waals surface area contributed by atoms with Crippen molar-refractivity contribution in [3.63, 3.8) is 0 Å². The molecular formula is C17H13F2NO8S. The molecule has 0 radical (unpaired) electrons.